The van der Waals surface area contributed by atoms with Gasteiger partial charge in [0, 0.05) is 84.5 Å². The van der Waals surface area contributed by atoms with Crippen LogP contribution >= 0.6 is 22.7 Å². The number of benzene rings is 6. The predicted molar refractivity (Wildman–Crippen MR) is 325 cm³/mol. The van der Waals surface area contributed by atoms with E-state index in [1.54, 1.807) is 38.1 Å². The molecule has 6 aromatic carbocycles. The molecule has 416 valence electrons. The van der Waals surface area contributed by atoms with Gasteiger partial charge in [-0.2, -0.15) is 0 Å². The van der Waals surface area contributed by atoms with E-state index in [4.69, 9.17) is 32.0 Å². The molecule has 18 nitrogen and oxygen atoms in total. The molecule has 0 saturated carbocycles. The molecule has 0 aliphatic carbocycles. The zero-order valence-corrected chi connectivity index (χ0v) is 47.7. The summed E-state index contributed by atoms with van der Waals surface area (Å²) in [6.07, 6.45) is 0. The van der Waals surface area contributed by atoms with Gasteiger partial charge >= 0.3 is 29.8 Å². The number of aromatic nitrogens is 2. The van der Waals surface area contributed by atoms with Crippen molar-refractivity contribution in [3.63, 3.8) is 0 Å². The quantitative estimate of drug-likeness (QED) is 0.0274. The van der Waals surface area contributed by atoms with E-state index in [1.807, 2.05) is 141 Å². The Morgan fingerprint density at radius 1 is 0.393 bits per heavy atom. The number of carbonyl (C=O) groups is 6. The van der Waals surface area contributed by atoms with Gasteiger partial charge in [0.05, 0.1) is 62.5 Å². The number of fused-ring (bicyclic) bond motifs is 6. The van der Waals surface area contributed by atoms with Crippen LogP contribution in [0.3, 0.4) is 0 Å². The zero-order valence-electron chi connectivity index (χ0n) is 46.1. The lowest BCUT2D eigenvalue weighted by Crippen LogP contribution is -2.22. The Hall–Kier alpha value is -10.2. The van der Waals surface area contributed by atoms with Gasteiger partial charge in [0.2, 0.25) is 5.78 Å². The van der Waals surface area contributed by atoms with Crippen molar-refractivity contribution in [3.05, 3.63) is 199 Å². The molecule has 10 rings (SSSR count). The van der Waals surface area contributed by atoms with E-state index in [0.717, 1.165) is 43.7 Å². The summed E-state index contributed by atoms with van der Waals surface area (Å²) < 4.78 is 4.08. The molecule has 21 heteroatoms. The van der Waals surface area contributed by atoms with Crippen LogP contribution in [0.2, 0.25) is 5.82 Å². The highest BCUT2D eigenvalue weighted by atomic mass is 32.1. The van der Waals surface area contributed by atoms with Gasteiger partial charge in [-0.3, -0.25) is 4.79 Å². The Kier molecular flexibility index (Phi) is 16.6. The fourth-order valence-corrected chi connectivity index (χ4v) is 10.9. The summed E-state index contributed by atoms with van der Waals surface area (Å²) in [4.78, 5) is 102. The van der Waals surface area contributed by atoms with Gasteiger partial charge in [-0.15, -0.1) is 22.7 Å². The SMILES string of the molecule is [B]C(C(=NOC(C)=O)c1ccc2c(c1)c1cc(C(=O)c3cccs3)ccc1n2-c1ccc(C(C)=NOC(C)=O)cc1)C(=NOC(C)=O)c1ccc2c(c1)c1cc(C(=NOC(C)=O)c3cccs3)ccc1n2-c1ccc(C(C)=NOC(C)=O)cc1. The Morgan fingerprint density at radius 3 is 1.12 bits per heavy atom. The summed E-state index contributed by atoms with van der Waals surface area (Å²) in [6, 6.07) is 44.5. The van der Waals surface area contributed by atoms with Gasteiger partial charge in [-0.05, 0) is 138 Å². The highest BCUT2D eigenvalue weighted by Crippen LogP contribution is 2.38. The van der Waals surface area contributed by atoms with Gasteiger partial charge in [0.25, 0.3) is 0 Å². The van der Waals surface area contributed by atoms with Gasteiger partial charge in [0.15, 0.2) is 0 Å². The highest BCUT2D eigenvalue weighted by molar-refractivity contribution is 7.12. The molecule has 0 N–H and O–H groups in total. The number of ketones is 1. The zero-order chi connectivity index (χ0) is 59.3. The third kappa shape index (κ3) is 12.0. The normalized spacial score (nSPS) is 12.9. The lowest BCUT2D eigenvalue weighted by Gasteiger charge is -2.18. The smallest absolute Gasteiger partial charge is 0.318 e. The minimum Gasteiger partial charge on any atom is -0.318 e. The van der Waals surface area contributed by atoms with E-state index in [2.05, 4.69) is 25.8 Å². The Balaban J connectivity index is 1.14. The molecule has 0 spiro atoms. The van der Waals surface area contributed by atoms with Crippen molar-refractivity contribution in [2.75, 3.05) is 0 Å². The van der Waals surface area contributed by atoms with Crippen LogP contribution in [0.15, 0.2) is 182 Å². The topological polar surface area (TPSA) is 220 Å². The third-order valence-corrected chi connectivity index (χ3v) is 15.0. The second kappa shape index (κ2) is 24.5. The molecule has 0 fully saturated rings. The van der Waals surface area contributed by atoms with Crippen LogP contribution in [0.1, 0.15) is 96.4 Å². The standard InChI is InChI=1S/C63H48BN7O11S2/c1-34(65-78-36(3)72)41-12-20-47(21-13-41)70-53-24-16-43(60(67-80-38(5)74)57-10-8-28-83-57)30-49(53)50-31-44(17-25-54(50)70)61(68-81-39(6)75)59(64)62(69-82-40(7)76)45-18-26-55-51(32-45)52-33-46(63(77)58-11-9-29-84-58)19-27-56(52)71(55)48-22-14-42(15-23-48)35(2)66-79-37(4)73/h8-33,59H,1-7H3. The monoisotopic (exact) mass is 1150 g/mol. The predicted octanol–water partition coefficient (Wildman–Crippen LogP) is 12.3. The van der Waals surface area contributed by atoms with E-state index < -0.39 is 35.7 Å². The lowest BCUT2D eigenvalue weighted by atomic mass is 9.74. The second-order valence-electron chi connectivity index (χ2n) is 19.1. The maximum Gasteiger partial charge on any atom is 0.332 e. The first-order valence-electron chi connectivity index (χ1n) is 25.9. The first-order valence-corrected chi connectivity index (χ1v) is 27.7. The van der Waals surface area contributed by atoms with Crippen LogP contribution in [0, 0.1) is 0 Å². The minimum absolute atomic E-state index is 0.0244. The van der Waals surface area contributed by atoms with Crippen molar-refractivity contribution in [2.24, 2.45) is 25.8 Å². The third-order valence-electron chi connectivity index (χ3n) is 13.3. The molecule has 4 aromatic heterocycles. The largest absolute Gasteiger partial charge is 0.332 e. The lowest BCUT2D eigenvalue weighted by molar-refractivity contribution is -0.141. The van der Waals surface area contributed by atoms with Gasteiger partial charge < -0.3 is 33.3 Å². The molecule has 0 bridgehead atoms. The second-order valence-corrected chi connectivity index (χ2v) is 21.0. The van der Waals surface area contributed by atoms with Crippen LogP contribution in [-0.2, 0) is 48.2 Å². The molecule has 0 aliphatic heterocycles. The van der Waals surface area contributed by atoms with E-state index in [1.165, 1.54) is 57.3 Å². The number of nitrogens with zero attached hydrogens (tertiary/aromatic N) is 7. The molecule has 0 saturated heterocycles. The van der Waals surface area contributed by atoms with Gasteiger partial charge in [0.1, 0.15) is 5.71 Å². The molecular formula is C63H48BN7O11S2. The van der Waals surface area contributed by atoms with Crippen molar-refractivity contribution < 1.29 is 53.0 Å². The summed E-state index contributed by atoms with van der Waals surface area (Å²) in [6.45, 7) is 9.66. The van der Waals surface area contributed by atoms with Gasteiger partial charge in [-0.1, -0.05) is 80.4 Å². The number of rotatable bonds is 17. The van der Waals surface area contributed by atoms with Crippen LogP contribution in [0.25, 0.3) is 55.0 Å². The van der Waals surface area contributed by atoms with Crippen molar-refractivity contribution in [3.8, 4) is 11.4 Å². The Labute approximate surface area is 488 Å². The molecule has 1 atom stereocenters. The van der Waals surface area contributed by atoms with E-state index in [-0.39, 0.29) is 17.2 Å². The van der Waals surface area contributed by atoms with Crippen molar-refractivity contribution in [1.29, 1.82) is 0 Å². The average Bonchev–Trinajstić information content (AvgIpc) is 3.30. The molecule has 1 unspecified atom stereocenters. The van der Waals surface area contributed by atoms with Gasteiger partial charge in [-0.25, -0.2) is 24.0 Å². The molecule has 2 radical (unpaired) electrons. The van der Waals surface area contributed by atoms with Crippen LogP contribution < -0.4 is 0 Å². The van der Waals surface area contributed by atoms with Crippen molar-refractivity contribution >= 4 is 138 Å². The molecular weight excluding hydrogens is 1110 g/mol. The highest BCUT2D eigenvalue weighted by Gasteiger charge is 2.27. The molecule has 4 heterocycles. The minimum atomic E-state index is -1.36. The Morgan fingerprint density at radius 2 is 0.726 bits per heavy atom. The van der Waals surface area contributed by atoms with Crippen LogP contribution in [0.5, 0.6) is 0 Å². The summed E-state index contributed by atoms with van der Waals surface area (Å²) in [5, 5.41) is 27.4. The maximum absolute atomic E-state index is 13.9. The number of carbonyl (C=O) groups excluding carboxylic acids is 6. The summed E-state index contributed by atoms with van der Waals surface area (Å²) >= 11 is 2.75. The first-order chi connectivity index (χ1) is 40.4. The molecule has 84 heavy (non-hydrogen) atoms. The van der Waals surface area contributed by atoms with E-state index in [9.17, 15) is 28.8 Å². The summed E-state index contributed by atoms with van der Waals surface area (Å²) in [5.74, 6) is -4.70. The number of hydrogen-bond acceptors (Lipinski definition) is 18. The van der Waals surface area contributed by atoms with Crippen LogP contribution in [0.4, 0.5) is 0 Å². The number of hydrogen-bond donors (Lipinski definition) is 0. The fraction of sp³-hybridized carbons (Fsp3) is 0.127. The van der Waals surface area contributed by atoms with Crippen LogP contribution in [-0.4, -0.2) is 81.2 Å². The first kappa shape index (κ1) is 57.0. The summed E-state index contributed by atoms with van der Waals surface area (Å²) in [7, 11) is 7.32. The van der Waals surface area contributed by atoms with E-state index >= 15 is 0 Å². The fourth-order valence-electron chi connectivity index (χ4n) is 9.53. The van der Waals surface area contributed by atoms with Crippen molar-refractivity contribution in [1.82, 2.24) is 9.13 Å². The summed E-state index contributed by atoms with van der Waals surface area (Å²) in [5.41, 5.74) is 9.19. The van der Waals surface area contributed by atoms with Crippen molar-refractivity contribution in [2.45, 2.75) is 54.3 Å². The number of oxime groups is 5. The average molecular weight is 1150 g/mol. The molecule has 0 amide bonds. The Bertz CT molecular complexity index is 4440. The van der Waals surface area contributed by atoms with E-state index in [0.29, 0.717) is 71.6 Å². The maximum atomic E-state index is 13.9. The number of thiophene rings is 2. The molecule has 0 aliphatic rings. The molecule has 10 aromatic rings.